The maximum Gasteiger partial charge on any atom is 0.247 e. The highest BCUT2D eigenvalue weighted by Crippen LogP contribution is 2.36. The van der Waals surface area contributed by atoms with Gasteiger partial charge in [0.2, 0.25) is 23.6 Å². The minimum atomic E-state index is -0.301. The number of nitrogens with zero attached hydrogens (tertiary/aromatic N) is 3. The second-order valence-corrected chi connectivity index (χ2v) is 8.15. The summed E-state index contributed by atoms with van der Waals surface area (Å²) in [4.78, 5) is 23.0. The molecule has 34 heavy (non-hydrogen) atoms. The maximum absolute atomic E-state index is 11.7. The molecule has 2 aromatic heterocycles. The number of rotatable bonds is 7. The molecule has 1 N–H and O–H groups in total. The molecule has 170 valence electrons. The minimum Gasteiger partial charge on any atom is -0.464 e. The van der Waals surface area contributed by atoms with Crippen molar-refractivity contribution >= 4 is 39.1 Å². The summed E-state index contributed by atoms with van der Waals surface area (Å²) in [6, 6.07) is 8.99. The molecule has 0 saturated carbocycles. The van der Waals surface area contributed by atoms with E-state index in [1.54, 1.807) is 24.3 Å². The smallest absolute Gasteiger partial charge is 0.247 e. The Morgan fingerprint density at radius 1 is 1.26 bits per heavy atom. The minimum absolute atomic E-state index is 0.301. The summed E-state index contributed by atoms with van der Waals surface area (Å²) in [7, 11) is 0. The molecule has 0 radical (unpaired) electrons. The van der Waals surface area contributed by atoms with Crippen molar-refractivity contribution in [2.75, 3.05) is 10.2 Å². The zero-order valence-electron chi connectivity index (χ0n) is 18.0. The molecule has 0 atom stereocenters. The van der Waals surface area contributed by atoms with E-state index >= 15 is 0 Å². The fourth-order valence-corrected chi connectivity index (χ4v) is 4.20. The lowest BCUT2D eigenvalue weighted by Crippen LogP contribution is -2.26. The second kappa shape index (κ2) is 9.63. The van der Waals surface area contributed by atoms with Crippen molar-refractivity contribution < 1.29 is 19.0 Å². The van der Waals surface area contributed by atoms with Crippen LogP contribution >= 0.6 is 11.3 Å². The summed E-state index contributed by atoms with van der Waals surface area (Å²) in [5.41, 5.74) is 2.29. The molecule has 0 spiro atoms. The first-order valence-electron chi connectivity index (χ1n) is 10.5. The Labute approximate surface area is 199 Å². The van der Waals surface area contributed by atoms with E-state index in [1.807, 2.05) is 28.5 Å². The second-order valence-electron chi connectivity index (χ2n) is 7.23. The van der Waals surface area contributed by atoms with Gasteiger partial charge in [-0.25, -0.2) is 9.88 Å². The van der Waals surface area contributed by atoms with E-state index in [-0.39, 0.29) is 5.91 Å². The molecule has 2 aliphatic rings. The van der Waals surface area contributed by atoms with E-state index in [1.165, 1.54) is 36.2 Å². The van der Waals surface area contributed by atoms with Gasteiger partial charge in [-0.3, -0.25) is 4.79 Å². The number of aromatic nitrogens is 2. The van der Waals surface area contributed by atoms with Gasteiger partial charge in [0.05, 0.1) is 5.52 Å². The molecule has 1 aromatic carbocycles. The molecule has 0 saturated heterocycles. The molecule has 9 heteroatoms. The number of carbonyl (C=O) groups excluding carboxylic acids is 1. The van der Waals surface area contributed by atoms with Crippen molar-refractivity contribution in [3.8, 4) is 11.6 Å². The van der Waals surface area contributed by atoms with E-state index in [9.17, 15) is 4.79 Å². The fraction of sp³-hybridized carbons (Fsp3) is 0.0800. The van der Waals surface area contributed by atoms with Gasteiger partial charge in [0.15, 0.2) is 6.26 Å². The van der Waals surface area contributed by atoms with Crippen molar-refractivity contribution in [3.63, 3.8) is 0 Å². The van der Waals surface area contributed by atoms with Gasteiger partial charge in [-0.15, -0.1) is 11.3 Å². The summed E-state index contributed by atoms with van der Waals surface area (Å²) in [5, 5.41) is 4.67. The molecule has 0 fully saturated rings. The number of fused-ring (bicyclic) bond motifs is 1. The topological polar surface area (TPSA) is 85.8 Å². The number of benzene rings is 1. The number of hydrogen-bond acceptors (Lipinski definition) is 8. The first kappa shape index (κ1) is 21.5. The average molecular weight is 473 g/mol. The lowest BCUT2D eigenvalue weighted by Gasteiger charge is -2.28. The third-order valence-corrected chi connectivity index (χ3v) is 5.85. The largest absolute Gasteiger partial charge is 0.464 e. The number of amides is 1. The van der Waals surface area contributed by atoms with Crippen LogP contribution in [-0.2, 0) is 14.3 Å². The predicted octanol–water partition coefficient (Wildman–Crippen LogP) is 5.97. The lowest BCUT2D eigenvalue weighted by atomic mass is 10.1. The van der Waals surface area contributed by atoms with E-state index in [0.717, 1.165) is 28.8 Å². The van der Waals surface area contributed by atoms with Crippen LogP contribution in [0.5, 0.6) is 11.6 Å². The van der Waals surface area contributed by atoms with Gasteiger partial charge in [0.25, 0.3) is 0 Å². The van der Waals surface area contributed by atoms with Crippen molar-refractivity contribution in [2.45, 2.75) is 12.8 Å². The number of allylic oxidation sites excluding steroid dienone is 4. The Bertz CT molecular complexity index is 1370. The summed E-state index contributed by atoms with van der Waals surface area (Å²) < 4.78 is 18.1. The van der Waals surface area contributed by atoms with Gasteiger partial charge in [-0.2, -0.15) is 4.98 Å². The highest BCUT2D eigenvalue weighted by molar-refractivity contribution is 7.17. The summed E-state index contributed by atoms with van der Waals surface area (Å²) in [5.74, 6) is 1.45. The van der Waals surface area contributed by atoms with Crippen LogP contribution in [-0.4, -0.2) is 15.9 Å². The number of anilines is 2. The zero-order valence-corrected chi connectivity index (χ0v) is 18.8. The molecule has 3 aromatic rings. The zero-order chi connectivity index (χ0) is 23.3. The molecule has 5 rings (SSSR count). The molecule has 1 aliphatic heterocycles. The van der Waals surface area contributed by atoms with Crippen LogP contribution in [0.1, 0.15) is 12.8 Å². The third-order valence-electron chi connectivity index (χ3n) is 4.95. The van der Waals surface area contributed by atoms with E-state index in [4.69, 9.17) is 24.2 Å². The summed E-state index contributed by atoms with van der Waals surface area (Å²) >= 11 is 1.48. The van der Waals surface area contributed by atoms with E-state index < -0.39 is 0 Å². The van der Waals surface area contributed by atoms with Gasteiger partial charge in [-0.1, -0.05) is 24.8 Å². The number of thiophene rings is 1. The average Bonchev–Trinajstić information content (AvgIpc) is 3.35. The first-order valence-corrected chi connectivity index (χ1v) is 11.4. The van der Waals surface area contributed by atoms with Gasteiger partial charge in [-0.05, 0) is 48.6 Å². The van der Waals surface area contributed by atoms with Crippen LogP contribution in [0.2, 0.25) is 0 Å². The maximum atomic E-state index is 11.7. The van der Waals surface area contributed by atoms with Gasteiger partial charge < -0.3 is 19.5 Å². The van der Waals surface area contributed by atoms with Crippen LogP contribution in [0.3, 0.4) is 0 Å². The summed E-state index contributed by atoms with van der Waals surface area (Å²) in [6.07, 6.45) is 13.4. The predicted molar refractivity (Wildman–Crippen MR) is 131 cm³/mol. The lowest BCUT2D eigenvalue weighted by molar-refractivity contribution is -0.111. The fourth-order valence-electron chi connectivity index (χ4n) is 3.44. The Kier molecular flexibility index (Phi) is 6.09. The quantitative estimate of drug-likeness (QED) is 0.424. The first-order chi connectivity index (χ1) is 16.7. The van der Waals surface area contributed by atoms with Gasteiger partial charge >= 0.3 is 0 Å². The standard InChI is InChI=1S/C25H20N4O4S/c1-2-21(30)26-17-7-6-10-19(15-17)33-24-23-20(11-14-34-23)27-25(28-24)29(18-8-4-3-5-9-18)22-16-31-12-13-32-22/h2-4,6-8,10-16H,1,5,9H2,(H,26,30). The molecule has 8 nitrogen and oxygen atoms in total. The highest BCUT2D eigenvalue weighted by atomic mass is 32.1. The number of carbonyl (C=O) groups is 1. The van der Waals surface area contributed by atoms with Gasteiger partial charge in [0, 0.05) is 17.5 Å². The molecule has 1 amide bonds. The molecule has 0 bridgehead atoms. The van der Waals surface area contributed by atoms with Gasteiger partial charge in [0.1, 0.15) is 23.0 Å². The van der Waals surface area contributed by atoms with Crippen molar-refractivity contribution in [3.05, 3.63) is 97.0 Å². The third kappa shape index (κ3) is 4.55. The Hall–Kier alpha value is -4.37. The van der Waals surface area contributed by atoms with E-state index in [2.05, 4.69) is 18.0 Å². The molecular formula is C25H20N4O4S. The van der Waals surface area contributed by atoms with Crippen LogP contribution in [0.4, 0.5) is 11.6 Å². The summed E-state index contributed by atoms with van der Waals surface area (Å²) in [6.45, 7) is 3.48. The van der Waals surface area contributed by atoms with Crippen LogP contribution in [0.25, 0.3) is 10.2 Å². The van der Waals surface area contributed by atoms with Crippen LogP contribution < -0.4 is 15.0 Å². The Morgan fingerprint density at radius 3 is 3.00 bits per heavy atom. The monoisotopic (exact) mass is 472 g/mol. The Balaban J connectivity index is 1.55. The highest BCUT2D eigenvalue weighted by Gasteiger charge is 2.25. The molecular weight excluding hydrogens is 452 g/mol. The molecule has 0 unspecified atom stereocenters. The van der Waals surface area contributed by atoms with Crippen molar-refractivity contribution in [1.82, 2.24) is 9.97 Å². The SMILES string of the molecule is C=CC(=O)Nc1cccc(Oc2nc(N(C3=CC=CCC3)C3=COC=CO3)nc3ccsc23)c1. The number of nitrogens with one attached hydrogen (secondary N) is 1. The normalized spacial score (nSPS) is 14.5. The number of ether oxygens (including phenoxy) is 3. The molecule has 3 heterocycles. The van der Waals surface area contributed by atoms with Crippen LogP contribution in [0, 0.1) is 0 Å². The van der Waals surface area contributed by atoms with Crippen molar-refractivity contribution in [1.29, 1.82) is 0 Å². The van der Waals surface area contributed by atoms with Crippen molar-refractivity contribution in [2.24, 2.45) is 0 Å². The molecule has 1 aliphatic carbocycles. The number of hydrogen-bond donors (Lipinski definition) is 1. The van der Waals surface area contributed by atoms with Crippen LogP contribution in [0.15, 0.2) is 97.0 Å². The van der Waals surface area contributed by atoms with E-state index in [0.29, 0.717) is 29.1 Å². The Morgan fingerprint density at radius 2 is 2.21 bits per heavy atom.